The first-order chi connectivity index (χ1) is 8.52. The first-order valence-corrected chi connectivity index (χ1v) is 7.55. The van der Waals surface area contributed by atoms with Crippen LogP contribution >= 0.6 is 27.5 Å². The number of hydrogen-bond donors (Lipinski definition) is 1. The highest BCUT2D eigenvalue weighted by molar-refractivity contribution is 9.10. The summed E-state index contributed by atoms with van der Waals surface area (Å²) in [6, 6.07) is 6.04. The molecule has 1 saturated heterocycles. The number of halogens is 2. The first-order valence-electron chi connectivity index (χ1n) is 6.38. The van der Waals surface area contributed by atoms with Gasteiger partial charge < -0.3 is 5.32 Å². The zero-order valence-electron chi connectivity index (χ0n) is 11.0. The van der Waals surface area contributed by atoms with Crippen LogP contribution in [0.3, 0.4) is 0 Å². The zero-order valence-corrected chi connectivity index (χ0v) is 13.3. The quantitative estimate of drug-likeness (QED) is 0.909. The van der Waals surface area contributed by atoms with Gasteiger partial charge in [0.1, 0.15) is 0 Å². The van der Waals surface area contributed by atoms with Crippen LogP contribution in [0.4, 0.5) is 0 Å². The molecule has 100 valence electrons. The van der Waals surface area contributed by atoms with E-state index in [-0.39, 0.29) is 0 Å². The predicted octanol–water partition coefficient (Wildman–Crippen LogP) is 3.68. The molecule has 1 aliphatic heterocycles. The molecule has 0 atom stereocenters. The molecular weight excluding hydrogens is 312 g/mol. The van der Waals surface area contributed by atoms with Crippen LogP contribution in [0.25, 0.3) is 0 Å². The van der Waals surface area contributed by atoms with E-state index in [0.717, 1.165) is 29.1 Å². The summed E-state index contributed by atoms with van der Waals surface area (Å²) >= 11 is 9.55. The normalized spacial score (nSPS) is 20.0. The third-order valence-corrected chi connectivity index (χ3v) is 4.95. The van der Waals surface area contributed by atoms with Gasteiger partial charge in [-0.15, -0.1) is 0 Å². The molecule has 0 aliphatic carbocycles. The van der Waals surface area contributed by atoms with Gasteiger partial charge in [0.05, 0.1) is 0 Å². The molecule has 0 aromatic heterocycles. The summed E-state index contributed by atoms with van der Waals surface area (Å²) in [7, 11) is 2.06. The number of piperidine rings is 1. The SMILES string of the molecule is CNC1(C)CCN(Cc2ccc(Cl)cc2Br)CC1. The van der Waals surface area contributed by atoms with E-state index in [1.807, 2.05) is 12.1 Å². The van der Waals surface area contributed by atoms with Crippen molar-refractivity contribution in [1.29, 1.82) is 0 Å². The maximum atomic E-state index is 5.96. The smallest absolute Gasteiger partial charge is 0.0417 e. The minimum absolute atomic E-state index is 0.313. The van der Waals surface area contributed by atoms with Gasteiger partial charge in [0, 0.05) is 34.7 Å². The van der Waals surface area contributed by atoms with Crippen molar-refractivity contribution in [2.45, 2.75) is 31.8 Å². The van der Waals surface area contributed by atoms with Crippen molar-refractivity contribution >= 4 is 27.5 Å². The number of nitrogens with one attached hydrogen (secondary N) is 1. The fraction of sp³-hybridized carbons (Fsp3) is 0.571. The van der Waals surface area contributed by atoms with E-state index in [1.54, 1.807) is 0 Å². The Balaban J connectivity index is 1.95. The zero-order chi connectivity index (χ0) is 13.2. The standard InChI is InChI=1S/C14H20BrClN2/c1-14(17-2)5-7-18(8-6-14)10-11-3-4-12(16)9-13(11)15/h3-4,9,17H,5-8,10H2,1-2H3. The molecule has 0 saturated carbocycles. The summed E-state index contributed by atoms with van der Waals surface area (Å²) in [5, 5.41) is 4.21. The first kappa shape index (κ1) is 14.3. The summed E-state index contributed by atoms with van der Waals surface area (Å²) in [5.41, 5.74) is 1.63. The average Bonchev–Trinajstić information content (AvgIpc) is 2.36. The number of likely N-dealkylation sites (tertiary alicyclic amines) is 1. The Labute approximate surface area is 123 Å². The Morgan fingerprint density at radius 3 is 2.61 bits per heavy atom. The Morgan fingerprint density at radius 2 is 2.06 bits per heavy atom. The Morgan fingerprint density at radius 1 is 1.39 bits per heavy atom. The molecule has 0 amide bonds. The molecule has 1 N–H and O–H groups in total. The molecule has 1 heterocycles. The van der Waals surface area contributed by atoms with Crippen LogP contribution in [0.1, 0.15) is 25.3 Å². The maximum Gasteiger partial charge on any atom is 0.0417 e. The highest BCUT2D eigenvalue weighted by atomic mass is 79.9. The second-order valence-corrected chi connectivity index (χ2v) is 6.61. The van der Waals surface area contributed by atoms with Crippen molar-refractivity contribution in [2.75, 3.05) is 20.1 Å². The minimum atomic E-state index is 0.313. The van der Waals surface area contributed by atoms with Crippen molar-refractivity contribution in [3.8, 4) is 0 Å². The van der Waals surface area contributed by atoms with Crippen LogP contribution in [0.15, 0.2) is 22.7 Å². The molecule has 0 spiro atoms. The van der Waals surface area contributed by atoms with Gasteiger partial charge in [-0.3, -0.25) is 4.90 Å². The summed E-state index contributed by atoms with van der Waals surface area (Å²) in [6.45, 7) is 5.60. The fourth-order valence-electron chi connectivity index (χ4n) is 2.35. The van der Waals surface area contributed by atoms with E-state index in [0.29, 0.717) is 5.54 Å². The molecule has 4 heteroatoms. The lowest BCUT2D eigenvalue weighted by molar-refractivity contribution is 0.146. The number of benzene rings is 1. The second-order valence-electron chi connectivity index (χ2n) is 5.32. The van der Waals surface area contributed by atoms with E-state index in [1.165, 1.54) is 18.4 Å². The second kappa shape index (κ2) is 5.91. The van der Waals surface area contributed by atoms with Crippen LogP contribution < -0.4 is 5.32 Å². The van der Waals surface area contributed by atoms with Crippen LogP contribution in [0, 0.1) is 0 Å². The molecular formula is C14H20BrClN2. The van der Waals surface area contributed by atoms with E-state index in [4.69, 9.17) is 11.6 Å². The topological polar surface area (TPSA) is 15.3 Å². The molecule has 1 fully saturated rings. The highest BCUT2D eigenvalue weighted by Crippen LogP contribution is 2.26. The summed E-state index contributed by atoms with van der Waals surface area (Å²) < 4.78 is 1.11. The molecule has 0 unspecified atom stereocenters. The van der Waals surface area contributed by atoms with Crippen molar-refractivity contribution in [3.05, 3.63) is 33.3 Å². The number of nitrogens with zero attached hydrogens (tertiary/aromatic N) is 1. The van der Waals surface area contributed by atoms with Crippen LogP contribution in [0.5, 0.6) is 0 Å². The van der Waals surface area contributed by atoms with Crippen LogP contribution in [0.2, 0.25) is 5.02 Å². The maximum absolute atomic E-state index is 5.96. The third-order valence-electron chi connectivity index (χ3n) is 3.97. The summed E-state index contributed by atoms with van der Waals surface area (Å²) in [5.74, 6) is 0. The lowest BCUT2D eigenvalue weighted by atomic mass is 9.90. The molecule has 0 bridgehead atoms. The van der Waals surface area contributed by atoms with Crippen molar-refractivity contribution < 1.29 is 0 Å². The van der Waals surface area contributed by atoms with Crippen molar-refractivity contribution in [3.63, 3.8) is 0 Å². The molecule has 1 aromatic rings. The van der Waals surface area contributed by atoms with E-state index in [9.17, 15) is 0 Å². The highest BCUT2D eigenvalue weighted by Gasteiger charge is 2.28. The Bertz CT molecular complexity index is 414. The van der Waals surface area contributed by atoms with E-state index >= 15 is 0 Å². The van der Waals surface area contributed by atoms with Gasteiger partial charge in [-0.25, -0.2) is 0 Å². The number of hydrogen-bond acceptors (Lipinski definition) is 2. The van der Waals surface area contributed by atoms with Crippen LogP contribution in [-0.2, 0) is 6.54 Å². The molecule has 18 heavy (non-hydrogen) atoms. The van der Waals surface area contributed by atoms with Gasteiger partial charge in [0.2, 0.25) is 0 Å². The van der Waals surface area contributed by atoms with Crippen LogP contribution in [-0.4, -0.2) is 30.6 Å². The minimum Gasteiger partial charge on any atom is -0.314 e. The lowest BCUT2D eigenvalue weighted by Gasteiger charge is -2.39. The average molecular weight is 332 g/mol. The van der Waals surface area contributed by atoms with Crippen molar-refractivity contribution in [2.24, 2.45) is 0 Å². The Kier molecular flexibility index (Phi) is 4.70. The molecule has 1 aliphatic rings. The largest absolute Gasteiger partial charge is 0.314 e. The lowest BCUT2D eigenvalue weighted by Crippen LogP contribution is -2.49. The fourth-order valence-corrected chi connectivity index (χ4v) is 3.15. The molecule has 2 nitrogen and oxygen atoms in total. The van der Waals surface area contributed by atoms with Gasteiger partial charge in [-0.05, 0) is 44.5 Å². The predicted molar refractivity (Wildman–Crippen MR) is 81.1 cm³/mol. The molecule has 0 radical (unpaired) electrons. The third kappa shape index (κ3) is 3.47. The van der Waals surface area contributed by atoms with Gasteiger partial charge in [0.25, 0.3) is 0 Å². The van der Waals surface area contributed by atoms with Gasteiger partial charge in [-0.2, -0.15) is 0 Å². The molecule has 1 aromatic carbocycles. The van der Waals surface area contributed by atoms with Gasteiger partial charge in [0.15, 0.2) is 0 Å². The summed E-state index contributed by atoms with van der Waals surface area (Å²) in [4.78, 5) is 2.51. The van der Waals surface area contributed by atoms with E-state index in [2.05, 4.69) is 46.2 Å². The summed E-state index contributed by atoms with van der Waals surface area (Å²) in [6.07, 6.45) is 2.41. The number of rotatable bonds is 3. The van der Waals surface area contributed by atoms with Gasteiger partial charge >= 0.3 is 0 Å². The van der Waals surface area contributed by atoms with Crippen molar-refractivity contribution in [1.82, 2.24) is 10.2 Å². The monoisotopic (exact) mass is 330 g/mol. The van der Waals surface area contributed by atoms with Gasteiger partial charge in [-0.1, -0.05) is 33.6 Å². The molecule has 2 rings (SSSR count). The Hall–Kier alpha value is -0.0900. The van der Waals surface area contributed by atoms with E-state index < -0.39 is 0 Å².